The molecule has 0 bridgehead atoms. The number of halogens is 1. The lowest BCUT2D eigenvalue weighted by Crippen LogP contribution is -2.27. The van der Waals surface area contributed by atoms with E-state index in [1.54, 1.807) is 44.4 Å². The van der Waals surface area contributed by atoms with Gasteiger partial charge in [0.25, 0.3) is 11.9 Å². The van der Waals surface area contributed by atoms with Crippen molar-refractivity contribution in [2.75, 3.05) is 33.1 Å². The fraction of sp³-hybridized carbons (Fsp3) is 0.200. The van der Waals surface area contributed by atoms with E-state index in [2.05, 4.69) is 25.4 Å². The molecule has 0 aliphatic rings. The maximum Gasteiger partial charge on any atom is 0.350 e. The zero-order valence-corrected chi connectivity index (χ0v) is 21.3. The molecule has 1 atom stereocenters. The van der Waals surface area contributed by atoms with E-state index >= 15 is 4.39 Å². The number of benzene rings is 2. The van der Waals surface area contributed by atoms with Crippen molar-refractivity contribution in [3.05, 3.63) is 88.1 Å². The summed E-state index contributed by atoms with van der Waals surface area (Å²) >= 11 is 0. The summed E-state index contributed by atoms with van der Waals surface area (Å²) in [6.45, 7) is -0.405. The number of methoxy groups -OCH3 is 1. The largest absolute Gasteiger partial charge is 0.497 e. The number of likely N-dealkylation sites (N-methyl/N-ethyl adjacent to an activating group) is 1. The van der Waals surface area contributed by atoms with Gasteiger partial charge < -0.3 is 25.4 Å². The number of hydrogen-bond donors (Lipinski definition) is 4. The number of carbonyl (C=O) groups excluding carboxylic acids is 1. The Balaban J connectivity index is 1.82. The third-order valence-corrected chi connectivity index (χ3v) is 5.59. The summed E-state index contributed by atoms with van der Waals surface area (Å²) in [5.74, 6) is -1.22. The van der Waals surface area contributed by atoms with Gasteiger partial charge in [-0.2, -0.15) is 0 Å². The average Bonchev–Trinajstić information content (AvgIpc) is 3.32. The summed E-state index contributed by atoms with van der Waals surface area (Å²) < 4.78 is 27.7. The van der Waals surface area contributed by atoms with Crippen molar-refractivity contribution in [3.63, 3.8) is 0 Å². The summed E-state index contributed by atoms with van der Waals surface area (Å²) in [5, 5.41) is 15.1. The lowest BCUT2D eigenvalue weighted by Gasteiger charge is -2.21. The molecule has 0 aliphatic heterocycles. The molecule has 0 unspecified atom stereocenters. The van der Waals surface area contributed by atoms with Crippen LogP contribution >= 0.6 is 0 Å². The normalized spacial score (nSPS) is 11.5. The molecule has 2 aromatic heterocycles. The van der Waals surface area contributed by atoms with Gasteiger partial charge in [0.05, 0.1) is 7.11 Å². The maximum atomic E-state index is 15.9. The van der Waals surface area contributed by atoms with Crippen molar-refractivity contribution in [1.29, 1.82) is 5.41 Å². The second-order valence-corrected chi connectivity index (χ2v) is 8.45. The standard InChI is InChI=1S/C25H26FN9O4/c1-34(2)19(36)13-39-18-12-16(38-3)11-17(20(18)26)21(31-15-7-5-14(6-8-15)22(27)28)23-32-25(37)35(33-23)24-29-9-4-10-30-24/h4-12,21,31H,13H2,1-3H3,(H3,27,28)(H,32,33,37)/t21-/m0/s1. The first kappa shape index (κ1) is 26.8. The van der Waals surface area contributed by atoms with E-state index in [-0.39, 0.29) is 40.6 Å². The smallest absolute Gasteiger partial charge is 0.350 e. The number of anilines is 1. The van der Waals surface area contributed by atoms with Gasteiger partial charge in [-0.05, 0) is 36.4 Å². The minimum absolute atomic E-state index is 0.00664. The van der Waals surface area contributed by atoms with Gasteiger partial charge in [0.15, 0.2) is 24.0 Å². The Kier molecular flexibility index (Phi) is 7.84. The Hall–Kier alpha value is -5.27. The molecule has 0 radical (unpaired) electrons. The SMILES string of the molecule is COc1cc(OCC(=O)N(C)C)c(F)c([C@H](Nc2ccc(C(=N)N)cc2)c2nn(-c3ncccn3)c(=O)[nH]2)c1. The van der Waals surface area contributed by atoms with Gasteiger partial charge in [0.1, 0.15) is 17.6 Å². The molecule has 0 aliphatic carbocycles. The first-order chi connectivity index (χ1) is 18.7. The monoisotopic (exact) mass is 535 g/mol. The first-order valence-corrected chi connectivity index (χ1v) is 11.6. The third-order valence-electron chi connectivity index (χ3n) is 5.59. The van der Waals surface area contributed by atoms with Gasteiger partial charge in [-0.1, -0.05) is 0 Å². The number of aromatic amines is 1. The number of nitrogen functional groups attached to an aromatic ring is 1. The summed E-state index contributed by atoms with van der Waals surface area (Å²) in [7, 11) is 4.51. The predicted molar refractivity (Wildman–Crippen MR) is 140 cm³/mol. The average molecular weight is 536 g/mol. The van der Waals surface area contributed by atoms with E-state index in [0.717, 1.165) is 4.68 Å². The van der Waals surface area contributed by atoms with Gasteiger partial charge >= 0.3 is 5.69 Å². The highest BCUT2D eigenvalue weighted by Gasteiger charge is 2.27. The van der Waals surface area contributed by atoms with Crippen LogP contribution in [0.5, 0.6) is 11.5 Å². The summed E-state index contributed by atoms with van der Waals surface area (Å²) in [5.41, 5.74) is 5.91. The van der Waals surface area contributed by atoms with Crippen molar-refractivity contribution in [1.82, 2.24) is 29.6 Å². The molecule has 13 nitrogen and oxygen atoms in total. The Bertz CT molecular complexity index is 1540. The molecule has 1 amide bonds. The molecule has 4 rings (SSSR count). The maximum absolute atomic E-state index is 15.9. The van der Waals surface area contributed by atoms with Crippen LogP contribution in [0.4, 0.5) is 10.1 Å². The number of nitrogens with two attached hydrogens (primary N) is 1. The number of hydrogen-bond acceptors (Lipinski definition) is 9. The van der Waals surface area contributed by atoms with Gasteiger partial charge in [0.2, 0.25) is 0 Å². The summed E-state index contributed by atoms with van der Waals surface area (Å²) in [6.07, 6.45) is 2.91. The number of rotatable bonds is 10. The van der Waals surface area contributed by atoms with E-state index < -0.39 is 24.2 Å². The molecule has 0 spiro atoms. The van der Waals surface area contributed by atoms with E-state index in [9.17, 15) is 9.59 Å². The molecule has 14 heteroatoms. The zero-order valence-electron chi connectivity index (χ0n) is 21.3. The molecule has 2 aromatic carbocycles. The Morgan fingerprint density at radius 2 is 1.92 bits per heavy atom. The highest BCUT2D eigenvalue weighted by Crippen LogP contribution is 2.35. The van der Waals surface area contributed by atoms with Crippen molar-refractivity contribution in [3.8, 4) is 17.4 Å². The minimum Gasteiger partial charge on any atom is -0.497 e. The first-order valence-electron chi connectivity index (χ1n) is 11.6. The number of amidine groups is 1. The van der Waals surface area contributed by atoms with Crippen LogP contribution in [0.3, 0.4) is 0 Å². The van der Waals surface area contributed by atoms with Crippen molar-refractivity contribution >= 4 is 17.4 Å². The summed E-state index contributed by atoms with van der Waals surface area (Å²) in [6, 6.07) is 9.77. The van der Waals surface area contributed by atoms with Crippen LogP contribution in [-0.4, -0.2) is 69.2 Å². The van der Waals surface area contributed by atoms with Crippen LogP contribution in [0.15, 0.2) is 59.7 Å². The second-order valence-electron chi connectivity index (χ2n) is 8.45. The molecule has 0 saturated heterocycles. The number of ether oxygens (including phenoxy) is 2. The van der Waals surface area contributed by atoms with E-state index in [0.29, 0.717) is 11.3 Å². The number of nitrogens with zero attached hydrogens (tertiary/aromatic N) is 5. The lowest BCUT2D eigenvalue weighted by atomic mass is 10.0. The van der Waals surface area contributed by atoms with Crippen LogP contribution in [-0.2, 0) is 4.79 Å². The third kappa shape index (κ3) is 6.01. The van der Waals surface area contributed by atoms with Gasteiger partial charge in [-0.25, -0.2) is 19.2 Å². The highest BCUT2D eigenvalue weighted by molar-refractivity contribution is 5.95. The molecule has 0 fully saturated rings. The van der Waals surface area contributed by atoms with Gasteiger partial charge in [-0.3, -0.25) is 15.2 Å². The van der Waals surface area contributed by atoms with Crippen LogP contribution in [0, 0.1) is 11.2 Å². The topological polar surface area (TPSA) is 177 Å². The zero-order chi connectivity index (χ0) is 28.1. The molecule has 0 saturated carbocycles. The fourth-order valence-electron chi connectivity index (χ4n) is 3.51. The van der Waals surface area contributed by atoms with Gasteiger partial charge in [0, 0.05) is 49.4 Å². The number of nitrogens with one attached hydrogen (secondary N) is 3. The molecule has 5 N–H and O–H groups in total. The molecule has 4 aromatic rings. The van der Waals surface area contributed by atoms with E-state index in [4.69, 9.17) is 20.6 Å². The number of aromatic nitrogens is 5. The number of amides is 1. The van der Waals surface area contributed by atoms with E-state index in [1.165, 1.54) is 36.5 Å². The predicted octanol–water partition coefficient (Wildman–Crippen LogP) is 1.45. The molecular formula is C25H26FN9O4. The lowest BCUT2D eigenvalue weighted by molar-refractivity contribution is -0.130. The summed E-state index contributed by atoms with van der Waals surface area (Å²) in [4.78, 5) is 36.9. The fourth-order valence-corrected chi connectivity index (χ4v) is 3.51. The molecule has 2 heterocycles. The molecule has 202 valence electrons. The molecule has 39 heavy (non-hydrogen) atoms. The van der Waals surface area contributed by atoms with Gasteiger partial charge in [-0.15, -0.1) is 9.78 Å². The van der Waals surface area contributed by atoms with Crippen LogP contribution < -0.4 is 26.2 Å². The Morgan fingerprint density at radius 1 is 1.23 bits per heavy atom. The van der Waals surface area contributed by atoms with Crippen LogP contribution in [0.2, 0.25) is 0 Å². The van der Waals surface area contributed by atoms with E-state index in [1.807, 2.05) is 0 Å². The van der Waals surface area contributed by atoms with Crippen LogP contribution in [0.25, 0.3) is 5.95 Å². The quantitative estimate of drug-likeness (QED) is 0.173. The Morgan fingerprint density at radius 3 is 2.54 bits per heavy atom. The highest BCUT2D eigenvalue weighted by atomic mass is 19.1. The van der Waals surface area contributed by atoms with Crippen molar-refractivity contribution in [2.24, 2.45) is 5.73 Å². The number of carbonyl (C=O) groups is 1. The minimum atomic E-state index is -1.08. The molecular weight excluding hydrogens is 509 g/mol. The number of H-pyrrole nitrogens is 1. The van der Waals surface area contributed by atoms with Crippen LogP contribution in [0.1, 0.15) is 23.0 Å². The second kappa shape index (κ2) is 11.4. The van der Waals surface area contributed by atoms with Crippen molar-refractivity contribution < 1.29 is 18.7 Å². The van der Waals surface area contributed by atoms with Crippen molar-refractivity contribution in [2.45, 2.75) is 6.04 Å². The Labute approximate surface area is 221 Å².